The molecule has 488 valence electrons. The summed E-state index contributed by atoms with van der Waals surface area (Å²) in [5.74, 6) is 0.375. The largest absolute Gasteiger partial charge is 0.493 e. The van der Waals surface area contributed by atoms with Crippen molar-refractivity contribution in [2.75, 3.05) is 79.3 Å². The molecule has 4 aromatic carbocycles. The van der Waals surface area contributed by atoms with Gasteiger partial charge in [0.1, 0.15) is 23.0 Å². The van der Waals surface area contributed by atoms with E-state index in [1.807, 2.05) is 0 Å². The number of fused-ring (bicyclic) bond motifs is 8. The van der Waals surface area contributed by atoms with Crippen LogP contribution in [-0.4, -0.2) is 124 Å². The number of aliphatic hydroxyl groups excluding tert-OH is 4. The average Bonchev–Trinajstić information content (AvgIpc) is 3.67. The van der Waals surface area contributed by atoms with E-state index >= 15 is 0 Å². The van der Waals surface area contributed by atoms with Crippen LogP contribution in [0.4, 0.5) is 0 Å². The Morgan fingerprint density at radius 1 is 0.326 bits per heavy atom. The number of esters is 4. The van der Waals surface area contributed by atoms with Crippen LogP contribution in [0.1, 0.15) is 179 Å². The number of unbranched alkanes of at least 4 members (excludes halogenated alkanes) is 4. The molecule has 0 saturated carbocycles. The number of benzene rings is 4. The van der Waals surface area contributed by atoms with Gasteiger partial charge in [0.2, 0.25) is 0 Å². The van der Waals surface area contributed by atoms with Crippen molar-refractivity contribution in [2.45, 2.75) is 164 Å². The van der Waals surface area contributed by atoms with E-state index in [0.29, 0.717) is 103 Å². The molecule has 1 aliphatic rings. The summed E-state index contributed by atoms with van der Waals surface area (Å²) >= 11 is 0. The van der Waals surface area contributed by atoms with Crippen molar-refractivity contribution in [3.05, 3.63) is 164 Å². The molecule has 16 heteroatoms. The number of carbonyl (C=O) groups excluding carboxylic acids is 4. The van der Waals surface area contributed by atoms with Crippen LogP contribution in [0, 0.1) is 0 Å². The number of hydrogen-bond acceptors (Lipinski definition) is 16. The van der Waals surface area contributed by atoms with Crippen LogP contribution < -0.4 is 18.9 Å². The molecular weight excluding hydrogens is 1130 g/mol. The van der Waals surface area contributed by atoms with Crippen molar-refractivity contribution >= 4 is 23.9 Å². The van der Waals surface area contributed by atoms with Gasteiger partial charge < -0.3 is 58.3 Å². The maximum Gasteiger partial charge on any atom is 0.335 e. The number of aliphatic hydroxyl groups is 4. The van der Waals surface area contributed by atoms with Gasteiger partial charge in [-0.3, -0.25) is 0 Å². The van der Waals surface area contributed by atoms with E-state index in [1.165, 1.54) is 0 Å². The third kappa shape index (κ3) is 23.9. The first-order valence-corrected chi connectivity index (χ1v) is 31.5. The Kier molecular flexibility index (Phi) is 33.7. The van der Waals surface area contributed by atoms with E-state index < -0.39 is 50.3 Å². The van der Waals surface area contributed by atoms with Gasteiger partial charge in [0.15, 0.2) is 0 Å². The van der Waals surface area contributed by atoms with Gasteiger partial charge in [0.25, 0.3) is 0 Å². The summed E-state index contributed by atoms with van der Waals surface area (Å²) in [6.07, 6.45) is 12.4. The molecule has 0 aromatic heterocycles. The number of rotatable bonds is 40. The molecule has 0 unspecified atom stereocenters. The third-order valence-electron chi connectivity index (χ3n) is 15.0. The molecule has 8 bridgehead atoms. The van der Waals surface area contributed by atoms with Gasteiger partial charge in [-0.1, -0.05) is 136 Å². The van der Waals surface area contributed by atoms with Gasteiger partial charge in [-0.05, 0) is 144 Å². The van der Waals surface area contributed by atoms with Gasteiger partial charge in [0.05, 0.1) is 102 Å². The maximum atomic E-state index is 12.6. The molecule has 4 aromatic rings. The topological polar surface area (TPSA) is 223 Å². The summed E-state index contributed by atoms with van der Waals surface area (Å²) in [7, 11) is 0. The molecule has 0 heterocycles. The fraction of sp³-hybridized carbons (Fsp3) is 0.507. The molecule has 5 rings (SSSR count). The molecule has 0 fully saturated rings. The van der Waals surface area contributed by atoms with Gasteiger partial charge >= 0.3 is 23.9 Å². The standard InChI is InChI=1S/C72H96O16.CH4/c1-9-13-25-81-65-57-33-53(21-17-29-85-69(77)49(5)45-73)34-58(65)42-60-36-55(23-19-31-87-71(79)51(7)47-75)38-62(67(60)83-27-15-11-3)44-64-40-56(24-20-32-88-72(80)52(8)48-76)39-63(68(64)84-28-16-12-4)43-61-37-54(22-18-30-86-70(78)50(6)46-74)35-59(41-57)66(61)82-26-14-10-2;/h33-40,73-76H,5-32,41-48H2,1-4H3;1H4. The molecule has 0 amide bonds. The van der Waals surface area contributed by atoms with E-state index in [9.17, 15) is 39.6 Å². The number of carbonyl (C=O) groups is 4. The SMILES string of the molecule is C.C=C(CO)C(=O)OCCCc1cc2c(OCCCC)c(c1)Cc1cc(CCCOC(=O)C(=C)CO)cc(c1OCCCC)Cc1cc(CCCOC(=O)C(=C)CO)cc(c1OCCCC)Cc1cc(CCCOC(=O)C(=C)CO)cc(c1OCCCC)C2. The second kappa shape index (κ2) is 40.4. The van der Waals surface area contributed by atoms with Gasteiger partial charge in [-0.25, -0.2) is 19.2 Å². The van der Waals surface area contributed by atoms with Crippen molar-refractivity contribution in [2.24, 2.45) is 0 Å². The zero-order chi connectivity index (χ0) is 63.8. The van der Waals surface area contributed by atoms with Crippen LogP contribution in [0.15, 0.2) is 97.1 Å². The molecule has 16 nitrogen and oxygen atoms in total. The quantitative estimate of drug-likeness (QED) is 0.0124. The number of aryl methyl sites for hydroxylation is 4. The molecule has 0 saturated heterocycles. The molecular formula is C73H100O16. The Labute approximate surface area is 528 Å². The fourth-order valence-electron chi connectivity index (χ4n) is 10.2. The van der Waals surface area contributed by atoms with E-state index in [2.05, 4.69) is 103 Å². The molecule has 0 spiro atoms. The molecule has 1 aliphatic carbocycles. The minimum Gasteiger partial charge on any atom is -0.493 e. The van der Waals surface area contributed by atoms with Crippen molar-refractivity contribution in [1.29, 1.82) is 0 Å². The maximum absolute atomic E-state index is 12.6. The van der Waals surface area contributed by atoms with Gasteiger partial charge in [0, 0.05) is 25.7 Å². The fourth-order valence-corrected chi connectivity index (χ4v) is 10.2. The van der Waals surface area contributed by atoms with Crippen molar-refractivity contribution in [3.63, 3.8) is 0 Å². The first-order valence-electron chi connectivity index (χ1n) is 31.5. The molecule has 4 N–H and O–H groups in total. The van der Waals surface area contributed by atoms with Crippen molar-refractivity contribution in [1.82, 2.24) is 0 Å². The molecule has 0 aliphatic heterocycles. The van der Waals surface area contributed by atoms with E-state index in [1.54, 1.807) is 0 Å². The zero-order valence-corrected chi connectivity index (χ0v) is 52.8. The van der Waals surface area contributed by atoms with Crippen LogP contribution in [0.3, 0.4) is 0 Å². The van der Waals surface area contributed by atoms with Crippen LogP contribution in [0.5, 0.6) is 23.0 Å². The second-order valence-electron chi connectivity index (χ2n) is 22.5. The number of hydrogen-bond donors (Lipinski definition) is 4. The van der Waals surface area contributed by atoms with Crippen LogP contribution in [-0.2, 0) is 89.5 Å². The Morgan fingerprint density at radius 2 is 0.506 bits per heavy atom. The van der Waals surface area contributed by atoms with Crippen LogP contribution in [0.25, 0.3) is 0 Å². The van der Waals surface area contributed by atoms with Crippen molar-refractivity contribution in [3.8, 4) is 23.0 Å². The lowest BCUT2D eigenvalue weighted by molar-refractivity contribution is -0.140. The lowest BCUT2D eigenvalue weighted by Gasteiger charge is -2.25. The summed E-state index contributed by atoms with van der Waals surface area (Å²) < 4.78 is 50.3. The predicted molar refractivity (Wildman–Crippen MR) is 347 cm³/mol. The smallest absolute Gasteiger partial charge is 0.335 e. The first-order chi connectivity index (χ1) is 42.6. The minimum atomic E-state index is -0.650. The Morgan fingerprint density at radius 3 is 0.663 bits per heavy atom. The zero-order valence-electron chi connectivity index (χ0n) is 52.8. The Balaban J connectivity index is 0.0000169. The van der Waals surface area contributed by atoms with E-state index in [0.717, 1.165) is 141 Å². The summed E-state index contributed by atoms with van der Waals surface area (Å²) in [4.78, 5) is 50.6. The lowest BCUT2D eigenvalue weighted by atomic mass is 9.87. The third-order valence-corrected chi connectivity index (χ3v) is 15.0. The lowest BCUT2D eigenvalue weighted by Crippen LogP contribution is -2.13. The average molecular weight is 1230 g/mol. The number of ether oxygens (including phenoxy) is 8. The minimum absolute atomic E-state index is 0. The highest BCUT2D eigenvalue weighted by molar-refractivity contribution is 5.89. The summed E-state index contributed by atoms with van der Waals surface area (Å²) in [6.45, 7) is 23.3. The monoisotopic (exact) mass is 1230 g/mol. The van der Waals surface area contributed by atoms with E-state index in [-0.39, 0.29) is 56.1 Å². The Hall–Kier alpha value is -7.24. The predicted octanol–water partition coefficient (Wildman–Crippen LogP) is 11.8. The molecule has 89 heavy (non-hydrogen) atoms. The van der Waals surface area contributed by atoms with E-state index in [4.69, 9.17) is 37.9 Å². The van der Waals surface area contributed by atoms with Crippen LogP contribution >= 0.6 is 0 Å². The molecule has 0 radical (unpaired) electrons. The molecule has 0 atom stereocenters. The highest BCUT2D eigenvalue weighted by Crippen LogP contribution is 2.42. The summed E-state index contributed by atoms with van der Waals surface area (Å²) in [5.41, 5.74) is 11.3. The van der Waals surface area contributed by atoms with Crippen LogP contribution in [0.2, 0.25) is 0 Å². The summed E-state index contributed by atoms with van der Waals surface area (Å²) in [6, 6.07) is 17.4. The summed E-state index contributed by atoms with van der Waals surface area (Å²) in [5, 5.41) is 38.3. The second-order valence-corrected chi connectivity index (χ2v) is 22.5. The van der Waals surface area contributed by atoms with Gasteiger partial charge in [-0.2, -0.15) is 0 Å². The van der Waals surface area contributed by atoms with Crippen molar-refractivity contribution < 1.29 is 77.5 Å². The normalized spacial score (nSPS) is 11.6. The highest BCUT2D eigenvalue weighted by atomic mass is 16.5. The highest BCUT2D eigenvalue weighted by Gasteiger charge is 2.26. The first kappa shape index (κ1) is 74.2. The van der Waals surface area contributed by atoms with Gasteiger partial charge in [-0.15, -0.1) is 0 Å². The Bertz CT molecular complexity index is 2500.